The highest BCUT2D eigenvalue weighted by Gasteiger charge is 2.55. The van der Waals surface area contributed by atoms with E-state index in [0.717, 1.165) is 23.5 Å². The maximum Gasteiger partial charge on any atom is 0.317 e. The second-order valence-corrected chi connectivity index (χ2v) is 6.91. The van der Waals surface area contributed by atoms with Crippen molar-refractivity contribution in [3.63, 3.8) is 0 Å². The first-order valence-corrected chi connectivity index (χ1v) is 8.06. The number of amides is 2. The molecule has 2 aliphatic rings. The molecule has 0 aromatic carbocycles. The van der Waals surface area contributed by atoms with Crippen LogP contribution in [0.4, 0.5) is 4.79 Å². The molecular formula is C14H19N3O3S. The fourth-order valence-electron chi connectivity index (χ4n) is 3.54. The SMILES string of the molecule is Cc1csc(CNC(=O)N2C[C@@H]3CCC[C@@]3(C(=O)O)C2)n1. The Morgan fingerprint density at radius 2 is 2.43 bits per heavy atom. The lowest BCUT2D eigenvalue weighted by atomic mass is 9.81. The van der Waals surface area contributed by atoms with Gasteiger partial charge in [-0.05, 0) is 25.7 Å². The van der Waals surface area contributed by atoms with E-state index in [1.807, 2.05) is 12.3 Å². The Hall–Kier alpha value is -1.63. The van der Waals surface area contributed by atoms with E-state index < -0.39 is 11.4 Å². The van der Waals surface area contributed by atoms with Gasteiger partial charge in [-0.25, -0.2) is 9.78 Å². The van der Waals surface area contributed by atoms with E-state index in [2.05, 4.69) is 10.3 Å². The van der Waals surface area contributed by atoms with Crippen molar-refractivity contribution < 1.29 is 14.7 Å². The zero-order valence-corrected chi connectivity index (χ0v) is 12.8. The monoisotopic (exact) mass is 309 g/mol. The summed E-state index contributed by atoms with van der Waals surface area (Å²) in [5.41, 5.74) is 0.236. The minimum atomic E-state index is -0.754. The van der Waals surface area contributed by atoms with Crippen LogP contribution in [-0.4, -0.2) is 40.1 Å². The largest absolute Gasteiger partial charge is 0.481 e. The average Bonchev–Trinajstić information content (AvgIpc) is 3.09. The van der Waals surface area contributed by atoms with Crippen molar-refractivity contribution in [2.45, 2.75) is 32.7 Å². The van der Waals surface area contributed by atoms with Crippen LogP contribution in [0.5, 0.6) is 0 Å². The molecule has 0 spiro atoms. The molecule has 1 aromatic rings. The predicted octanol–water partition coefficient (Wildman–Crippen LogP) is 1.85. The number of nitrogens with one attached hydrogen (secondary N) is 1. The van der Waals surface area contributed by atoms with Crippen molar-refractivity contribution in [3.05, 3.63) is 16.1 Å². The molecule has 2 atom stereocenters. The summed E-state index contributed by atoms with van der Waals surface area (Å²) in [6.45, 7) is 3.20. The number of nitrogens with zero attached hydrogens (tertiary/aromatic N) is 2. The van der Waals surface area contributed by atoms with Crippen LogP contribution in [0.2, 0.25) is 0 Å². The van der Waals surface area contributed by atoms with E-state index >= 15 is 0 Å². The molecule has 2 amide bonds. The third kappa shape index (κ3) is 2.50. The van der Waals surface area contributed by atoms with Gasteiger partial charge in [0.25, 0.3) is 0 Å². The summed E-state index contributed by atoms with van der Waals surface area (Å²) in [5, 5.41) is 15.2. The van der Waals surface area contributed by atoms with Gasteiger partial charge in [-0.2, -0.15) is 0 Å². The zero-order chi connectivity index (χ0) is 15.0. The molecule has 2 fully saturated rings. The quantitative estimate of drug-likeness (QED) is 0.892. The number of aromatic nitrogens is 1. The number of carbonyl (C=O) groups is 2. The Labute approximate surface area is 127 Å². The van der Waals surface area contributed by atoms with Crippen molar-refractivity contribution in [1.29, 1.82) is 0 Å². The van der Waals surface area contributed by atoms with Crippen LogP contribution in [0.25, 0.3) is 0 Å². The molecule has 0 unspecified atom stereocenters. The van der Waals surface area contributed by atoms with Gasteiger partial charge in [0.1, 0.15) is 5.01 Å². The molecule has 7 heteroatoms. The molecule has 1 aliphatic heterocycles. The lowest BCUT2D eigenvalue weighted by Gasteiger charge is -2.23. The highest BCUT2D eigenvalue weighted by Crippen LogP contribution is 2.48. The second-order valence-electron chi connectivity index (χ2n) is 5.97. The molecule has 114 valence electrons. The number of carboxylic acids is 1. The van der Waals surface area contributed by atoms with E-state index in [-0.39, 0.29) is 11.9 Å². The topological polar surface area (TPSA) is 82.5 Å². The summed E-state index contributed by atoms with van der Waals surface area (Å²) in [5.74, 6) is -0.654. The van der Waals surface area contributed by atoms with Crippen molar-refractivity contribution in [3.8, 4) is 0 Å². The molecule has 0 radical (unpaired) electrons. The molecule has 1 aromatic heterocycles. The standard InChI is InChI=1S/C14H19N3O3S/c1-9-7-21-11(16-9)5-15-13(20)17-6-10-3-2-4-14(10,8-17)12(18)19/h7,10H,2-6,8H2,1H3,(H,15,20)(H,18,19)/t10-,14+/m0/s1. The normalized spacial score (nSPS) is 27.7. The molecule has 1 aliphatic carbocycles. The number of thiazole rings is 1. The van der Waals surface area contributed by atoms with Gasteiger partial charge >= 0.3 is 12.0 Å². The number of carboxylic acid groups (broad SMARTS) is 1. The molecular weight excluding hydrogens is 290 g/mol. The maximum absolute atomic E-state index is 12.2. The van der Waals surface area contributed by atoms with Crippen LogP contribution < -0.4 is 5.32 Å². The average molecular weight is 309 g/mol. The van der Waals surface area contributed by atoms with E-state index in [1.54, 1.807) is 4.90 Å². The molecule has 6 nitrogen and oxygen atoms in total. The minimum absolute atomic E-state index is 0.0999. The number of rotatable bonds is 3. The van der Waals surface area contributed by atoms with Crippen LogP contribution in [0.15, 0.2) is 5.38 Å². The number of urea groups is 1. The summed E-state index contributed by atoms with van der Waals surface area (Å²) < 4.78 is 0. The Bertz CT molecular complexity index is 574. The molecule has 3 rings (SSSR count). The van der Waals surface area contributed by atoms with Crippen molar-refractivity contribution in [2.24, 2.45) is 11.3 Å². The summed E-state index contributed by atoms with van der Waals surface area (Å²) in [4.78, 5) is 29.8. The Kier molecular flexibility index (Phi) is 3.61. The molecule has 0 bridgehead atoms. The molecule has 2 N–H and O–H groups in total. The van der Waals surface area contributed by atoms with Crippen molar-refractivity contribution in [1.82, 2.24) is 15.2 Å². The maximum atomic E-state index is 12.2. The molecule has 1 saturated carbocycles. The second kappa shape index (κ2) is 5.29. The number of aryl methyl sites for hydroxylation is 1. The molecule has 2 heterocycles. The Balaban J connectivity index is 1.61. The van der Waals surface area contributed by atoms with Gasteiger partial charge in [0.15, 0.2) is 0 Å². The first kappa shape index (κ1) is 14.3. The lowest BCUT2D eigenvalue weighted by molar-refractivity contribution is -0.149. The van der Waals surface area contributed by atoms with Gasteiger partial charge in [-0.3, -0.25) is 4.79 Å². The summed E-state index contributed by atoms with van der Waals surface area (Å²) in [6.07, 6.45) is 2.54. The minimum Gasteiger partial charge on any atom is -0.481 e. The van der Waals surface area contributed by atoms with Crippen LogP contribution in [0.1, 0.15) is 30.0 Å². The number of carbonyl (C=O) groups excluding carboxylic acids is 1. The highest BCUT2D eigenvalue weighted by atomic mass is 32.1. The summed E-state index contributed by atoms with van der Waals surface area (Å²) in [6, 6.07) is -0.183. The fraction of sp³-hybridized carbons (Fsp3) is 0.643. The number of hydrogen-bond acceptors (Lipinski definition) is 4. The third-order valence-electron chi connectivity index (χ3n) is 4.64. The van der Waals surface area contributed by atoms with Gasteiger partial charge in [-0.1, -0.05) is 6.42 Å². The van der Waals surface area contributed by atoms with Gasteiger partial charge in [0, 0.05) is 24.2 Å². The van der Waals surface area contributed by atoms with Gasteiger partial charge in [0.05, 0.1) is 12.0 Å². The van der Waals surface area contributed by atoms with E-state index in [1.165, 1.54) is 11.3 Å². The van der Waals surface area contributed by atoms with E-state index in [0.29, 0.717) is 26.1 Å². The van der Waals surface area contributed by atoms with Gasteiger partial charge in [-0.15, -0.1) is 11.3 Å². The Morgan fingerprint density at radius 3 is 3.05 bits per heavy atom. The van der Waals surface area contributed by atoms with Crippen molar-refractivity contribution in [2.75, 3.05) is 13.1 Å². The number of aliphatic carboxylic acids is 1. The van der Waals surface area contributed by atoms with Crippen LogP contribution in [0.3, 0.4) is 0 Å². The van der Waals surface area contributed by atoms with E-state index in [9.17, 15) is 14.7 Å². The first-order chi connectivity index (χ1) is 10.0. The summed E-state index contributed by atoms with van der Waals surface area (Å²) in [7, 11) is 0. The molecule has 1 saturated heterocycles. The molecule has 21 heavy (non-hydrogen) atoms. The fourth-order valence-corrected chi connectivity index (χ4v) is 4.25. The number of likely N-dealkylation sites (tertiary alicyclic amines) is 1. The smallest absolute Gasteiger partial charge is 0.317 e. The number of fused-ring (bicyclic) bond motifs is 1. The van der Waals surface area contributed by atoms with Crippen LogP contribution in [-0.2, 0) is 11.3 Å². The third-order valence-corrected chi connectivity index (χ3v) is 5.61. The van der Waals surface area contributed by atoms with Crippen LogP contribution in [0, 0.1) is 18.3 Å². The van der Waals surface area contributed by atoms with Crippen LogP contribution >= 0.6 is 11.3 Å². The zero-order valence-electron chi connectivity index (χ0n) is 12.0. The highest BCUT2D eigenvalue weighted by molar-refractivity contribution is 7.09. The number of hydrogen-bond donors (Lipinski definition) is 2. The van der Waals surface area contributed by atoms with Gasteiger partial charge < -0.3 is 15.3 Å². The predicted molar refractivity (Wildman–Crippen MR) is 78.1 cm³/mol. The first-order valence-electron chi connectivity index (χ1n) is 7.18. The van der Waals surface area contributed by atoms with Crippen molar-refractivity contribution >= 4 is 23.3 Å². The van der Waals surface area contributed by atoms with Gasteiger partial charge in [0.2, 0.25) is 0 Å². The summed E-state index contributed by atoms with van der Waals surface area (Å²) >= 11 is 1.52. The Morgan fingerprint density at radius 1 is 1.62 bits per heavy atom. The van der Waals surface area contributed by atoms with E-state index in [4.69, 9.17) is 0 Å². The lowest BCUT2D eigenvalue weighted by Crippen LogP contribution is -2.41.